The number of hydrogen-bond acceptors (Lipinski definition) is 2. The third kappa shape index (κ3) is 3.36. The number of rotatable bonds is 2. The van der Waals surface area contributed by atoms with Gasteiger partial charge in [-0.05, 0) is 19.9 Å². The molecule has 132 valence electrons. The molecule has 0 unspecified atom stereocenters. The van der Waals surface area contributed by atoms with E-state index < -0.39 is 0 Å². The molecular formula is C24H19FN2. The van der Waals surface area contributed by atoms with Crippen LogP contribution in [-0.2, 0) is 0 Å². The second kappa shape index (κ2) is 7.12. The fourth-order valence-corrected chi connectivity index (χ4v) is 3.13. The largest absolute Gasteiger partial charge is 0.226 e. The first-order chi connectivity index (χ1) is 13.1. The van der Waals surface area contributed by atoms with Gasteiger partial charge in [-0.15, -0.1) is 0 Å². The van der Waals surface area contributed by atoms with Crippen LogP contribution < -0.4 is 10.4 Å². The second-order valence-corrected chi connectivity index (χ2v) is 6.67. The van der Waals surface area contributed by atoms with E-state index >= 15 is 0 Å². The topological polar surface area (TPSA) is 24.7 Å². The smallest absolute Gasteiger partial charge is 0.160 e. The fourth-order valence-electron chi connectivity index (χ4n) is 3.13. The first-order valence-corrected chi connectivity index (χ1v) is 8.89. The van der Waals surface area contributed by atoms with Crippen molar-refractivity contribution in [3.8, 4) is 0 Å². The first kappa shape index (κ1) is 17.1. The van der Waals surface area contributed by atoms with Crippen LogP contribution >= 0.6 is 0 Å². The third-order valence-corrected chi connectivity index (χ3v) is 4.52. The Balaban J connectivity index is 1.95. The average Bonchev–Trinajstić information content (AvgIpc) is 3.14. The molecule has 0 amide bonds. The summed E-state index contributed by atoms with van der Waals surface area (Å²) in [5, 5.41) is 1.30. The molecule has 3 aromatic rings. The Bertz CT molecular complexity index is 1110. The van der Waals surface area contributed by atoms with E-state index in [2.05, 4.69) is 0 Å². The maximum Gasteiger partial charge on any atom is 0.160 e. The fraction of sp³-hybridized carbons (Fsp3) is 0.0833. The van der Waals surface area contributed by atoms with Gasteiger partial charge in [0, 0.05) is 21.6 Å². The normalized spacial score (nSPS) is 13.4. The highest BCUT2D eigenvalue weighted by Crippen LogP contribution is 2.20. The zero-order valence-electron chi connectivity index (χ0n) is 15.3. The molecule has 1 aliphatic heterocycles. The van der Waals surface area contributed by atoms with Gasteiger partial charge in [-0.2, -0.15) is 0 Å². The summed E-state index contributed by atoms with van der Waals surface area (Å²) < 4.78 is 14.5. The molecule has 1 aliphatic rings. The van der Waals surface area contributed by atoms with Gasteiger partial charge in [0.2, 0.25) is 0 Å². The standard InChI is InChI=1S/C24H19FN2/c1-16(2)20-14-13-19(15-21(20)25)24-26-22(17-9-5-3-6-10-17)23(27-24)18-11-7-4-8-12-18/h3-15H,1-2H3. The van der Waals surface area contributed by atoms with Crippen molar-refractivity contribution < 1.29 is 4.39 Å². The molecule has 4 rings (SSSR count). The number of aliphatic imine (C=N–C) groups is 2. The van der Waals surface area contributed by atoms with Gasteiger partial charge >= 0.3 is 0 Å². The Morgan fingerprint density at radius 2 is 1.22 bits per heavy atom. The van der Waals surface area contributed by atoms with Crippen molar-refractivity contribution in [2.24, 2.45) is 9.98 Å². The maximum atomic E-state index is 14.5. The zero-order valence-corrected chi connectivity index (χ0v) is 15.3. The summed E-state index contributed by atoms with van der Waals surface area (Å²) in [4.78, 5) is 9.52. The molecule has 0 bridgehead atoms. The second-order valence-electron chi connectivity index (χ2n) is 6.67. The summed E-state index contributed by atoms with van der Waals surface area (Å²) in [6, 6.07) is 25.1. The quantitative estimate of drug-likeness (QED) is 0.663. The molecule has 0 aliphatic carbocycles. The van der Waals surface area contributed by atoms with E-state index in [4.69, 9.17) is 9.98 Å². The summed E-state index contributed by atoms with van der Waals surface area (Å²) in [7, 11) is 0. The third-order valence-electron chi connectivity index (χ3n) is 4.52. The highest BCUT2D eigenvalue weighted by molar-refractivity contribution is 6.55. The maximum absolute atomic E-state index is 14.5. The van der Waals surface area contributed by atoms with Gasteiger partial charge in [0.15, 0.2) is 5.82 Å². The van der Waals surface area contributed by atoms with Crippen LogP contribution in [0.1, 0.15) is 25.0 Å². The van der Waals surface area contributed by atoms with Gasteiger partial charge in [0.25, 0.3) is 0 Å². The predicted molar refractivity (Wildman–Crippen MR) is 110 cm³/mol. The molecule has 0 N–H and O–H groups in total. The molecule has 0 saturated carbocycles. The molecular weight excluding hydrogens is 335 g/mol. The van der Waals surface area contributed by atoms with Crippen molar-refractivity contribution in [3.63, 3.8) is 0 Å². The molecule has 0 fully saturated rings. The van der Waals surface area contributed by atoms with Gasteiger partial charge in [0.05, 0.1) is 11.4 Å². The minimum Gasteiger partial charge on any atom is -0.226 e. The van der Waals surface area contributed by atoms with Gasteiger partial charge in [-0.3, -0.25) is 0 Å². The summed E-state index contributed by atoms with van der Waals surface area (Å²) in [5.41, 5.74) is 4.53. The van der Waals surface area contributed by atoms with Crippen molar-refractivity contribution in [2.75, 3.05) is 0 Å². The number of benzene rings is 3. The molecule has 1 heterocycles. The lowest BCUT2D eigenvalue weighted by atomic mass is 10.0. The first-order valence-electron chi connectivity index (χ1n) is 8.89. The van der Waals surface area contributed by atoms with Crippen molar-refractivity contribution in [3.05, 3.63) is 106 Å². The van der Waals surface area contributed by atoms with Gasteiger partial charge in [-0.1, -0.05) is 78.4 Å². The van der Waals surface area contributed by atoms with Gasteiger partial charge in [-0.25, -0.2) is 14.4 Å². The van der Waals surface area contributed by atoms with Crippen LogP contribution in [0.2, 0.25) is 0 Å². The van der Waals surface area contributed by atoms with Crippen LogP contribution in [-0.4, -0.2) is 11.4 Å². The van der Waals surface area contributed by atoms with E-state index in [-0.39, 0.29) is 5.82 Å². The number of halogens is 1. The van der Waals surface area contributed by atoms with Crippen LogP contribution in [0.3, 0.4) is 0 Å². The Labute approximate surface area is 157 Å². The molecule has 3 heteroatoms. The summed E-state index contributed by atoms with van der Waals surface area (Å²) in [6.07, 6.45) is 0. The van der Waals surface area contributed by atoms with Crippen LogP contribution in [0.4, 0.5) is 4.39 Å². The van der Waals surface area contributed by atoms with E-state index in [1.54, 1.807) is 6.07 Å². The van der Waals surface area contributed by atoms with E-state index in [0.29, 0.717) is 16.3 Å². The van der Waals surface area contributed by atoms with Gasteiger partial charge < -0.3 is 0 Å². The Morgan fingerprint density at radius 3 is 1.67 bits per heavy atom. The minimum absolute atomic E-state index is 0.250. The molecule has 0 atom stereocenters. The highest BCUT2D eigenvalue weighted by Gasteiger charge is 2.20. The van der Waals surface area contributed by atoms with Gasteiger partial charge in [0.1, 0.15) is 5.82 Å². The lowest BCUT2D eigenvalue weighted by Crippen LogP contribution is -2.15. The predicted octanol–water partition coefficient (Wildman–Crippen LogP) is 4.07. The molecule has 0 radical (unpaired) electrons. The summed E-state index contributed by atoms with van der Waals surface area (Å²) >= 11 is 0. The number of hydrogen-bond donors (Lipinski definition) is 0. The molecule has 0 saturated heterocycles. The highest BCUT2D eigenvalue weighted by atomic mass is 19.1. The van der Waals surface area contributed by atoms with E-state index in [1.807, 2.05) is 80.6 Å². The molecule has 3 aromatic carbocycles. The lowest BCUT2D eigenvalue weighted by molar-refractivity contribution is 0.616. The number of nitrogens with zero attached hydrogens (tertiary/aromatic N) is 2. The van der Waals surface area contributed by atoms with E-state index in [0.717, 1.165) is 28.1 Å². The van der Waals surface area contributed by atoms with E-state index in [1.165, 1.54) is 6.07 Å². The van der Waals surface area contributed by atoms with Crippen molar-refractivity contribution >= 4 is 22.8 Å². The summed E-state index contributed by atoms with van der Waals surface area (Å²) in [5.74, 6) is 0.284. The van der Waals surface area contributed by atoms with E-state index in [9.17, 15) is 4.39 Å². The average molecular weight is 354 g/mol. The van der Waals surface area contributed by atoms with Crippen LogP contribution in [0.25, 0.3) is 11.4 Å². The monoisotopic (exact) mass is 354 g/mol. The molecule has 0 spiro atoms. The minimum atomic E-state index is -0.250. The molecule has 0 aromatic heterocycles. The Morgan fingerprint density at radius 1 is 0.704 bits per heavy atom. The SMILES string of the molecule is CC(C)=c1ccc(=C2N=C(c3ccccc3)C(c3ccccc3)=N2)cc1F. The Kier molecular flexibility index (Phi) is 4.51. The van der Waals surface area contributed by atoms with Crippen LogP contribution in [0.5, 0.6) is 0 Å². The van der Waals surface area contributed by atoms with Crippen molar-refractivity contribution in [1.82, 2.24) is 0 Å². The van der Waals surface area contributed by atoms with Crippen LogP contribution in [0.15, 0.2) is 88.8 Å². The molecule has 27 heavy (non-hydrogen) atoms. The van der Waals surface area contributed by atoms with Crippen molar-refractivity contribution in [2.45, 2.75) is 13.8 Å². The zero-order chi connectivity index (χ0) is 18.8. The molecule has 2 nitrogen and oxygen atoms in total. The van der Waals surface area contributed by atoms with Crippen LogP contribution in [0, 0.1) is 5.82 Å². The summed E-state index contributed by atoms with van der Waals surface area (Å²) in [6.45, 7) is 3.80. The lowest BCUT2D eigenvalue weighted by Gasteiger charge is -2.04. The van der Waals surface area contributed by atoms with Crippen molar-refractivity contribution in [1.29, 1.82) is 0 Å². The Hall–Kier alpha value is -3.33.